The molecule has 1 aromatic heterocycles. The lowest BCUT2D eigenvalue weighted by atomic mass is 10.0. The molecule has 0 unspecified atom stereocenters. The molecule has 0 saturated heterocycles. The number of halogens is 2. The third kappa shape index (κ3) is 4.34. The van der Waals surface area contributed by atoms with Crippen LogP contribution in [0.4, 0.5) is 0 Å². The molecule has 0 atom stereocenters. The van der Waals surface area contributed by atoms with Gasteiger partial charge in [0.1, 0.15) is 0 Å². The number of hydrogen-bond acceptors (Lipinski definition) is 3. The molecule has 1 aliphatic rings. The van der Waals surface area contributed by atoms with Gasteiger partial charge in [0.25, 0.3) is 5.91 Å². The standard InChI is InChI=1S/C17H18BrClN2OS/c18-11-7-8-12(13(19)10-11)17(22)20-9-3-6-16-21-14-4-1-2-5-15(14)23-16/h7-8,10H,1-6,9H2,(H,20,22). The largest absolute Gasteiger partial charge is 0.352 e. The normalized spacial score (nSPS) is 13.7. The summed E-state index contributed by atoms with van der Waals surface area (Å²) in [6, 6.07) is 5.29. The predicted molar refractivity (Wildman–Crippen MR) is 98.6 cm³/mol. The number of nitrogens with zero attached hydrogens (tertiary/aromatic N) is 1. The summed E-state index contributed by atoms with van der Waals surface area (Å²) in [4.78, 5) is 18.3. The number of rotatable bonds is 5. The number of hydrogen-bond donors (Lipinski definition) is 1. The first-order valence-corrected chi connectivity index (χ1v) is 9.83. The molecule has 2 aromatic rings. The fraction of sp³-hybridized carbons (Fsp3) is 0.412. The molecule has 3 rings (SSSR count). The van der Waals surface area contributed by atoms with E-state index in [1.807, 2.05) is 17.4 Å². The summed E-state index contributed by atoms with van der Waals surface area (Å²) < 4.78 is 0.867. The highest BCUT2D eigenvalue weighted by Crippen LogP contribution is 2.27. The lowest BCUT2D eigenvalue weighted by molar-refractivity contribution is 0.0953. The van der Waals surface area contributed by atoms with E-state index in [-0.39, 0.29) is 5.91 Å². The molecular weight excluding hydrogens is 396 g/mol. The Morgan fingerprint density at radius 1 is 1.35 bits per heavy atom. The molecule has 1 aromatic carbocycles. The van der Waals surface area contributed by atoms with Crippen LogP contribution in [0.1, 0.15) is 45.2 Å². The number of benzene rings is 1. The summed E-state index contributed by atoms with van der Waals surface area (Å²) in [7, 11) is 0. The van der Waals surface area contributed by atoms with E-state index in [9.17, 15) is 4.79 Å². The second kappa shape index (κ2) is 7.77. The van der Waals surface area contributed by atoms with Gasteiger partial charge in [0.15, 0.2) is 0 Å². The van der Waals surface area contributed by atoms with E-state index in [2.05, 4.69) is 21.2 Å². The van der Waals surface area contributed by atoms with E-state index in [0.29, 0.717) is 17.1 Å². The molecule has 0 radical (unpaired) electrons. The Hall–Kier alpha value is -0.910. The minimum absolute atomic E-state index is 0.124. The smallest absolute Gasteiger partial charge is 0.252 e. The van der Waals surface area contributed by atoms with Crippen LogP contribution >= 0.6 is 38.9 Å². The van der Waals surface area contributed by atoms with Gasteiger partial charge in [-0.25, -0.2) is 4.98 Å². The van der Waals surface area contributed by atoms with Gasteiger partial charge in [-0.3, -0.25) is 4.79 Å². The van der Waals surface area contributed by atoms with Crippen molar-refractivity contribution < 1.29 is 4.79 Å². The van der Waals surface area contributed by atoms with Crippen LogP contribution in [0.15, 0.2) is 22.7 Å². The van der Waals surface area contributed by atoms with E-state index in [1.165, 1.54) is 34.8 Å². The summed E-state index contributed by atoms with van der Waals surface area (Å²) in [5, 5.41) is 4.59. The maximum absolute atomic E-state index is 12.1. The zero-order valence-corrected chi connectivity index (χ0v) is 15.9. The van der Waals surface area contributed by atoms with Crippen molar-refractivity contribution in [1.29, 1.82) is 0 Å². The van der Waals surface area contributed by atoms with Gasteiger partial charge in [-0.1, -0.05) is 27.5 Å². The molecule has 0 aliphatic heterocycles. The van der Waals surface area contributed by atoms with E-state index >= 15 is 0 Å². The predicted octanol–water partition coefficient (Wildman–Crippen LogP) is 4.80. The summed E-state index contributed by atoms with van der Waals surface area (Å²) >= 11 is 11.3. The average molecular weight is 414 g/mol. The highest BCUT2D eigenvalue weighted by molar-refractivity contribution is 9.10. The first-order valence-electron chi connectivity index (χ1n) is 7.84. The molecule has 1 aliphatic carbocycles. The van der Waals surface area contributed by atoms with Crippen molar-refractivity contribution in [2.75, 3.05) is 6.54 Å². The maximum atomic E-state index is 12.1. The van der Waals surface area contributed by atoms with Crippen molar-refractivity contribution >= 4 is 44.8 Å². The van der Waals surface area contributed by atoms with Crippen molar-refractivity contribution in [3.05, 3.63) is 48.8 Å². The monoisotopic (exact) mass is 412 g/mol. The Labute approximate surface area is 153 Å². The maximum Gasteiger partial charge on any atom is 0.252 e. The van der Waals surface area contributed by atoms with E-state index in [4.69, 9.17) is 16.6 Å². The van der Waals surface area contributed by atoms with Crippen molar-refractivity contribution in [3.63, 3.8) is 0 Å². The Morgan fingerprint density at radius 2 is 2.17 bits per heavy atom. The van der Waals surface area contributed by atoms with Gasteiger partial charge >= 0.3 is 0 Å². The number of amides is 1. The summed E-state index contributed by atoms with van der Waals surface area (Å²) in [6.07, 6.45) is 6.69. The van der Waals surface area contributed by atoms with Crippen LogP contribution in [0.3, 0.4) is 0 Å². The van der Waals surface area contributed by atoms with E-state index in [1.54, 1.807) is 12.1 Å². The first-order chi connectivity index (χ1) is 11.1. The molecule has 6 heteroatoms. The number of carbonyl (C=O) groups excluding carboxylic acids is 1. The molecular formula is C17H18BrClN2OS. The minimum atomic E-state index is -0.124. The third-order valence-corrected chi connectivity index (χ3v) is 5.94. The van der Waals surface area contributed by atoms with Gasteiger partial charge in [0, 0.05) is 22.3 Å². The topological polar surface area (TPSA) is 42.0 Å². The van der Waals surface area contributed by atoms with Crippen LogP contribution in [0.2, 0.25) is 5.02 Å². The Morgan fingerprint density at radius 3 is 2.96 bits per heavy atom. The minimum Gasteiger partial charge on any atom is -0.352 e. The van der Waals surface area contributed by atoms with Crippen molar-refractivity contribution in [2.45, 2.75) is 38.5 Å². The highest BCUT2D eigenvalue weighted by atomic mass is 79.9. The van der Waals surface area contributed by atoms with Crippen molar-refractivity contribution in [3.8, 4) is 0 Å². The molecule has 1 N–H and O–H groups in total. The Kier molecular flexibility index (Phi) is 5.72. The van der Waals surface area contributed by atoms with E-state index in [0.717, 1.165) is 23.7 Å². The van der Waals surface area contributed by atoms with Gasteiger partial charge in [-0.05, 0) is 50.3 Å². The molecule has 23 heavy (non-hydrogen) atoms. The van der Waals surface area contributed by atoms with Crippen molar-refractivity contribution in [2.24, 2.45) is 0 Å². The van der Waals surface area contributed by atoms with Gasteiger partial charge in [0.05, 0.1) is 21.3 Å². The molecule has 1 amide bonds. The molecule has 0 bridgehead atoms. The van der Waals surface area contributed by atoms with Crippen LogP contribution < -0.4 is 5.32 Å². The van der Waals surface area contributed by atoms with Gasteiger partial charge in [0.2, 0.25) is 0 Å². The highest BCUT2D eigenvalue weighted by Gasteiger charge is 2.15. The molecule has 0 saturated carbocycles. The summed E-state index contributed by atoms with van der Waals surface area (Å²) in [6.45, 7) is 0.634. The van der Waals surface area contributed by atoms with Crippen LogP contribution in [-0.2, 0) is 19.3 Å². The molecule has 1 heterocycles. The van der Waals surface area contributed by atoms with Gasteiger partial charge in [-0.15, -0.1) is 11.3 Å². The molecule has 3 nitrogen and oxygen atoms in total. The van der Waals surface area contributed by atoms with E-state index < -0.39 is 0 Å². The molecule has 0 spiro atoms. The SMILES string of the molecule is O=C(NCCCc1nc2c(s1)CCCC2)c1ccc(Br)cc1Cl. The van der Waals surface area contributed by atoms with Crippen LogP contribution in [-0.4, -0.2) is 17.4 Å². The first kappa shape index (κ1) is 16.9. The molecule has 122 valence electrons. The number of nitrogens with one attached hydrogen (secondary N) is 1. The number of fused-ring (bicyclic) bond motifs is 1. The molecule has 0 fully saturated rings. The van der Waals surface area contributed by atoms with Gasteiger partial charge < -0.3 is 5.32 Å². The third-order valence-electron chi connectivity index (χ3n) is 3.92. The van der Waals surface area contributed by atoms with Crippen LogP contribution in [0.25, 0.3) is 0 Å². The van der Waals surface area contributed by atoms with Crippen LogP contribution in [0, 0.1) is 0 Å². The second-order valence-electron chi connectivity index (χ2n) is 5.67. The fourth-order valence-electron chi connectivity index (χ4n) is 2.72. The second-order valence-corrected chi connectivity index (χ2v) is 8.16. The summed E-state index contributed by atoms with van der Waals surface area (Å²) in [5.74, 6) is -0.124. The summed E-state index contributed by atoms with van der Waals surface area (Å²) in [5.41, 5.74) is 1.82. The quantitative estimate of drug-likeness (QED) is 0.715. The number of carbonyl (C=O) groups is 1. The van der Waals surface area contributed by atoms with Gasteiger partial charge in [-0.2, -0.15) is 0 Å². The number of thiazole rings is 1. The Bertz CT molecular complexity index is 693. The lowest BCUT2D eigenvalue weighted by Crippen LogP contribution is -2.25. The number of aromatic nitrogens is 1. The number of aryl methyl sites for hydroxylation is 3. The average Bonchev–Trinajstić information content (AvgIpc) is 2.94. The zero-order valence-electron chi connectivity index (χ0n) is 12.7. The van der Waals surface area contributed by atoms with Crippen molar-refractivity contribution in [1.82, 2.24) is 10.3 Å². The fourth-order valence-corrected chi connectivity index (χ4v) is 4.68. The Balaban J connectivity index is 1.47. The van der Waals surface area contributed by atoms with Crippen LogP contribution in [0.5, 0.6) is 0 Å². The lowest BCUT2D eigenvalue weighted by Gasteiger charge is -2.06. The zero-order chi connectivity index (χ0) is 16.2.